The number of hydrogen-bond acceptors (Lipinski definition) is 4. The highest BCUT2D eigenvalue weighted by molar-refractivity contribution is 7.15. The number of hydrogen-bond donors (Lipinski definition) is 1. The molecule has 2 heterocycles. The van der Waals surface area contributed by atoms with E-state index >= 15 is 0 Å². The second kappa shape index (κ2) is 4.63. The minimum Gasteiger partial charge on any atom is -0.296 e. The lowest BCUT2D eigenvalue weighted by atomic mass is 10.3. The number of nitrogens with one attached hydrogen (secondary N) is 1. The molecule has 88 valence electrons. The zero-order valence-corrected chi connectivity index (χ0v) is 10.8. The van der Waals surface area contributed by atoms with E-state index < -0.39 is 0 Å². The van der Waals surface area contributed by atoms with Crippen LogP contribution in [0, 0.1) is 20.8 Å². The van der Waals surface area contributed by atoms with Crippen LogP contribution in [0.25, 0.3) is 0 Å². The third-order valence-corrected chi connectivity index (χ3v) is 3.36. The Morgan fingerprint density at radius 2 is 2.00 bits per heavy atom. The Morgan fingerprint density at radius 1 is 1.24 bits per heavy atom. The Kier molecular flexibility index (Phi) is 3.19. The third-order valence-electron chi connectivity index (χ3n) is 2.37. The van der Waals surface area contributed by atoms with Crippen LogP contribution in [-0.2, 0) is 0 Å². The summed E-state index contributed by atoms with van der Waals surface area (Å²) >= 11 is 1.47. The van der Waals surface area contributed by atoms with Gasteiger partial charge in [0.15, 0.2) is 5.13 Å². The number of anilines is 1. The van der Waals surface area contributed by atoms with Gasteiger partial charge in [-0.1, -0.05) is 6.07 Å². The van der Waals surface area contributed by atoms with E-state index in [0.717, 1.165) is 16.3 Å². The largest absolute Gasteiger partial charge is 0.296 e. The Hall–Kier alpha value is -1.75. The molecule has 0 spiro atoms. The van der Waals surface area contributed by atoms with Gasteiger partial charge in [-0.3, -0.25) is 10.1 Å². The van der Waals surface area contributed by atoms with Crippen molar-refractivity contribution < 1.29 is 4.79 Å². The van der Waals surface area contributed by atoms with Gasteiger partial charge in [0.2, 0.25) is 0 Å². The number of pyridine rings is 1. The van der Waals surface area contributed by atoms with E-state index in [9.17, 15) is 4.79 Å². The van der Waals surface area contributed by atoms with E-state index in [0.29, 0.717) is 10.8 Å². The number of carbonyl (C=O) groups is 1. The highest BCUT2D eigenvalue weighted by atomic mass is 32.1. The molecule has 1 N–H and O–H groups in total. The summed E-state index contributed by atoms with van der Waals surface area (Å²) in [5.41, 5.74) is 2.18. The molecule has 0 aliphatic carbocycles. The van der Waals surface area contributed by atoms with Gasteiger partial charge >= 0.3 is 0 Å². The van der Waals surface area contributed by atoms with Crippen molar-refractivity contribution in [3.63, 3.8) is 0 Å². The SMILES string of the molecule is Cc1cccc(C(=O)Nc2nc(C)c(C)s2)n1. The average Bonchev–Trinajstić information content (AvgIpc) is 2.58. The van der Waals surface area contributed by atoms with Gasteiger partial charge in [0, 0.05) is 10.6 Å². The van der Waals surface area contributed by atoms with E-state index in [-0.39, 0.29) is 5.91 Å². The fraction of sp³-hybridized carbons (Fsp3) is 0.250. The van der Waals surface area contributed by atoms with Crippen LogP contribution >= 0.6 is 11.3 Å². The number of thiazole rings is 1. The van der Waals surface area contributed by atoms with Gasteiger partial charge < -0.3 is 0 Å². The second-order valence-corrected chi connectivity index (χ2v) is 4.98. The zero-order chi connectivity index (χ0) is 12.4. The molecule has 4 nitrogen and oxygen atoms in total. The first-order valence-electron chi connectivity index (χ1n) is 5.25. The number of aromatic nitrogens is 2. The maximum absolute atomic E-state index is 11.9. The Labute approximate surface area is 104 Å². The summed E-state index contributed by atoms with van der Waals surface area (Å²) < 4.78 is 0. The molecule has 2 aromatic rings. The van der Waals surface area contributed by atoms with E-state index in [1.165, 1.54) is 11.3 Å². The van der Waals surface area contributed by atoms with Crippen molar-refractivity contribution in [2.45, 2.75) is 20.8 Å². The molecule has 0 bridgehead atoms. The summed E-state index contributed by atoms with van der Waals surface area (Å²) in [6.45, 7) is 5.76. The Balaban J connectivity index is 2.17. The molecule has 0 saturated carbocycles. The molecule has 17 heavy (non-hydrogen) atoms. The van der Waals surface area contributed by atoms with Gasteiger partial charge in [-0.05, 0) is 32.9 Å². The van der Waals surface area contributed by atoms with Crippen LogP contribution in [0.2, 0.25) is 0 Å². The maximum Gasteiger partial charge on any atom is 0.276 e. The number of aryl methyl sites for hydroxylation is 3. The van der Waals surface area contributed by atoms with Gasteiger partial charge in [0.25, 0.3) is 5.91 Å². The molecule has 0 aliphatic heterocycles. The molecule has 2 aromatic heterocycles. The van der Waals surface area contributed by atoms with E-state index in [1.807, 2.05) is 32.9 Å². The summed E-state index contributed by atoms with van der Waals surface area (Å²) in [4.78, 5) is 21.4. The van der Waals surface area contributed by atoms with Crippen molar-refractivity contribution in [1.82, 2.24) is 9.97 Å². The van der Waals surface area contributed by atoms with Crippen LogP contribution in [0.4, 0.5) is 5.13 Å². The highest BCUT2D eigenvalue weighted by Gasteiger charge is 2.10. The van der Waals surface area contributed by atoms with Crippen molar-refractivity contribution in [2.75, 3.05) is 5.32 Å². The fourth-order valence-electron chi connectivity index (χ4n) is 1.36. The quantitative estimate of drug-likeness (QED) is 0.887. The van der Waals surface area contributed by atoms with E-state index in [2.05, 4.69) is 15.3 Å². The predicted octanol–water partition coefficient (Wildman–Crippen LogP) is 2.72. The van der Waals surface area contributed by atoms with Crippen LogP contribution in [-0.4, -0.2) is 15.9 Å². The smallest absolute Gasteiger partial charge is 0.276 e. The van der Waals surface area contributed by atoms with Crippen LogP contribution in [0.1, 0.15) is 26.8 Å². The van der Waals surface area contributed by atoms with Gasteiger partial charge in [-0.25, -0.2) is 9.97 Å². The predicted molar refractivity (Wildman–Crippen MR) is 68.5 cm³/mol. The molecule has 0 aromatic carbocycles. The van der Waals surface area contributed by atoms with Crippen LogP contribution in [0.3, 0.4) is 0 Å². The molecule has 0 unspecified atom stereocenters. The van der Waals surface area contributed by atoms with Crippen molar-refractivity contribution in [2.24, 2.45) is 0 Å². The Morgan fingerprint density at radius 3 is 2.59 bits per heavy atom. The number of rotatable bonds is 2. The van der Waals surface area contributed by atoms with Crippen molar-refractivity contribution in [3.05, 3.63) is 40.2 Å². The van der Waals surface area contributed by atoms with Crippen LogP contribution < -0.4 is 5.32 Å². The standard InChI is InChI=1S/C12H13N3OS/c1-7-5-4-6-10(13-7)11(16)15-12-14-8(2)9(3)17-12/h4-6H,1-3H3,(H,14,15,16). The van der Waals surface area contributed by atoms with Gasteiger partial charge in [-0.2, -0.15) is 0 Å². The topological polar surface area (TPSA) is 54.9 Å². The number of carbonyl (C=O) groups excluding carboxylic acids is 1. The molecule has 0 fully saturated rings. The monoisotopic (exact) mass is 247 g/mol. The average molecular weight is 247 g/mol. The minimum atomic E-state index is -0.220. The van der Waals surface area contributed by atoms with Gasteiger partial charge in [0.05, 0.1) is 5.69 Å². The first kappa shape index (κ1) is 11.7. The second-order valence-electron chi connectivity index (χ2n) is 3.78. The molecular formula is C12H13N3OS. The molecule has 0 radical (unpaired) electrons. The maximum atomic E-state index is 11.9. The molecule has 0 saturated heterocycles. The molecular weight excluding hydrogens is 234 g/mol. The van der Waals surface area contributed by atoms with Crippen LogP contribution in [0.15, 0.2) is 18.2 Å². The molecule has 1 amide bonds. The lowest BCUT2D eigenvalue weighted by molar-refractivity contribution is 0.102. The summed E-state index contributed by atoms with van der Waals surface area (Å²) in [6.07, 6.45) is 0. The van der Waals surface area contributed by atoms with Crippen LogP contribution in [0.5, 0.6) is 0 Å². The highest BCUT2D eigenvalue weighted by Crippen LogP contribution is 2.21. The number of nitrogens with zero attached hydrogens (tertiary/aromatic N) is 2. The minimum absolute atomic E-state index is 0.220. The normalized spacial score (nSPS) is 10.3. The molecule has 0 aliphatic rings. The van der Waals surface area contributed by atoms with Crippen molar-refractivity contribution in [3.8, 4) is 0 Å². The lowest BCUT2D eigenvalue weighted by Gasteiger charge is -2.01. The summed E-state index contributed by atoms with van der Waals surface area (Å²) in [7, 11) is 0. The molecule has 2 rings (SSSR count). The first-order valence-corrected chi connectivity index (χ1v) is 6.07. The summed E-state index contributed by atoms with van der Waals surface area (Å²) in [6, 6.07) is 5.36. The first-order chi connectivity index (χ1) is 8.06. The molecule has 5 heteroatoms. The third kappa shape index (κ3) is 2.68. The molecule has 0 atom stereocenters. The van der Waals surface area contributed by atoms with Crippen molar-refractivity contribution in [1.29, 1.82) is 0 Å². The lowest BCUT2D eigenvalue weighted by Crippen LogP contribution is -2.13. The van der Waals surface area contributed by atoms with Gasteiger partial charge in [0.1, 0.15) is 5.69 Å². The van der Waals surface area contributed by atoms with E-state index in [4.69, 9.17) is 0 Å². The van der Waals surface area contributed by atoms with Crippen molar-refractivity contribution >= 4 is 22.4 Å². The Bertz CT molecular complexity index is 543. The fourth-order valence-corrected chi connectivity index (χ4v) is 2.17. The summed E-state index contributed by atoms with van der Waals surface area (Å²) in [5.74, 6) is -0.220. The summed E-state index contributed by atoms with van der Waals surface area (Å²) in [5, 5.41) is 3.37. The number of amides is 1. The van der Waals surface area contributed by atoms with Gasteiger partial charge in [-0.15, -0.1) is 11.3 Å². The van der Waals surface area contributed by atoms with E-state index in [1.54, 1.807) is 6.07 Å². The zero-order valence-electron chi connectivity index (χ0n) is 9.94.